The van der Waals surface area contributed by atoms with Gasteiger partial charge in [-0.05, 0) is 38.5 Å². The number of likely N-dealkylation sites (N-methyl/N-ethyl adjacent to an activating group) is 1. The second-order valence-electron chi connectivity index (χ2n) is 20.3. The monoisotopic (exact) mass is 914 g/mol. The van der Waals surface area contributed by atoms with E-state index in [0.29, 0.717) is 23.9 Å². The van der Waals surface area contributed by atoms with E-state index in [4.69, 9.17) is 9.05 Å². The number of aliphatic hydroxyl groups is 1. The predicted octanol–water partition coefficient (Wildman–Crippen LogP) is 16.3. The van der Waals surface area contributed by atoms with Crippen molar-refractivity contribution >= 4 is 13.7 Å². The molecular weight excluding hydrogens is 804 g/mol. The first-order valence-corrected chi connectivity index (χ1v) is 29.0. The topological polar surface area (TPSA) is 105 Å². The first kappa shape index (κ1) is 62.2. The number of unbranched alkanes of at least 4 members (excludes halogenated alkanes) is 36. The molecular formula is C54H110N2O6P+. The minimum Gasteiger partial charge on any atom is -0.391 e. The molecule has 0 rings (SSSR count). The van der Waals surface area contributed by atoms with Crippen LogP contribution in [-0.2, 0) is 18.4 Å². The summed E-state index contributed by atoms with van der Waals surface area (Å²) in [5.41, 5.74) is 0. The van der Waals surface area contributed by atoms with E-state index in [1.807, 2.05) is 21.1 Å². The van der Waals surface area contributed by atoms with Crippen LogP contribution in [0.1, 0.15) is 277 Å². The van der Waals surface area contributed by atoms with Crippen LogP contribution >= 0.6 is 7.82 Å². The van der Waals surface area contributed by atoms with Gasteiger partial charge in [-0.25, -0.2) is 4.57 Å². The molecule has 0 aliphatic rings. The number of phosphoric acid groups is 1. The number of amides is 1. The molecule has 0 fully saturated rings. The van der Waals surface area contributed by atoms with Crippen molar-refractivity contribution in [2.75, 3.05) is 40.9 Å². The third-order valence-electron chi connectivity index (χ3n) is 12.8. The molecule has 376 valence electrons. The maximum Gasteiger partial charge on any atom is 0.472 e. The Morgan fingerprint density at radius 3 is 1.22 bits per heavy atom. The third-order valence-corrected chi connectivity index (χ3v) is 13.7. The Morgan fingerprint density at radius 2 is 0.857 bits per heavy atom. The molecule has 0 heterocycles. The number of carbonyl (C=O) groups excluding carboxylic acids is 1. The molecule has 9 heteroatoms. The third kappa shape index (κ3) is 49.0. The summed E-state index contributed by atoms with van der Waals surface area (Å²) in [5, 5.41) is 14.1. The zero-order chi connectivity index (χ0) is 46.4. The molecule has 0 aromatic rings. The summed E-state index contributed by atoms with van der Waals surface area (Å²) in [6, 6.07) is -0.760. The van der Waals surface area contributed by atoms with E-state index in [9.17, 15) is 19.4 Å². The fourth-order valence-corrected chi connectivity index (χ4v) is 9.13. The highest BCUT2D eigenvalue weighted by molar-refractivity contribution is 7.47. The molecule has 1 amide bonds. The SMILES string of the molecule is CCCCCCCCCCCC/C=C\CCCCCCCCCC(=O)NC(COP(=O)(O)OCC[N+](C)(C)C)C(O)CCCCCCCCCCCCCCCCCCCCCC. The molecule has 63 heavy (non-hydrogen) atoms. The number of aliphatic hydroxyl groups excluding tert-OH is 1. The van der Waals surface area contributed by atoms with Crippen LogP contribution in [0, 0.1) is 0 Å². The average molecular weight is 914 g/mol. The zero-order valence-electron chi connectivity index (χ0n) is 42.8. The number of nitrogens with one attached hydrogen (secondary N) is 1. The highest BCUT2D eigenvalue weighted by Crippen LogP contribution is 2.43. The fourth-order valence-electron chi connectivity index (χ4n) is 8.40. The minimum atomic E-state index is -4.32. The van der Waals surface area contributed by atoms with Crippen LogP contribution in [0.25, 0.3) is 0 Å². The number of carbonyl (C=O) groups is 1. The van der Waals surface area contributed by atoms with Crippen molar-refractivity contribution in [3.63, 3.8) is 0 Å². The zero-order valence-corrected chi connectivity index (χ0v) is 43.7. The van der Waals surface area contributed by atoms with Crippen LogP contribution < -0.4 is 5.32 Å². The lowest BCUT2D eigenvalue weighted by molar-refractivity contribution is -0.870. The molecule has 0 aromatic heterocycles. The van der Waals surface area contributed by atoms with Crippen LogP contribution in [0.3, 0.4) is 0 Å². The fraction of sp³-hybridized carbons (Fsp3) is 0.944. The number of nitrogens with zero attached hydrogens (tertiary/aromatic N) is 1. The van der Waals surface area contributed by atoms with E-state index in [2.05, 4.69) is 31.3 Å². The van der Waals surface area contributed by atoms with Gasteiger partial charge in [0.15, 0.2) is 0 Å². The molecule has 0 radical (unpaired) electrons. The first-order valence-electron chi connectivity index (χ1n) is 27.6. The quantitative estimate of drug-likeness (QED) is 0.0243. The van der Waals surface area contributed by atoms with E-state index in [1.54, 1.807) is 0 Å². The molecule has 0 bridgehead atoms. The van der Waals surface area contributed by atoms with Gasteiger partial charge in [0.2, 0.25) is 5.91 Å². The van der Waals surface area contributed by atoms with Gasteiger partial charge in [0.25, 0.3) is 0 Å². The molecule has 3 unspecified atom stereocenters. The first-order chi connectivity index (χ1) is 30.5. The maximum atomic E-state index is 13.0. The predicted molar refractivity (Wildman–Crippen MR) is 272 cm³/mol. The van der Waals surface area contributed by atoms with Gasteiger partial charge in [0.05, 0.1) is 39.9 Å². The van der Waals surface area contributed by atoms with Gasteiger partial charge >= 0.3 is 7.82 Å². The van der Waals surface area contributed by atoms with Crippen LogP contribution in [0.5, 0.6) is 0 Å². The molecule has 0 spiro atoms. The van der Waals surface area contributed by atoms with E-state index < -0.39 is 20.0 Å². The summed E-state index contributed by atoms with van der Waals surface area (Å²) in [4.78, 5) is 23.3. The number of hydrogen-bond donors (Lipinski definition) is 3. The van der Waals surface area contributed by atoms with Gasteiger partial charge in [-0.2, -0.15) is 0 Å². The van der Waals surface area contributed by atoms with Gasteiger partial charge in [-0.15, -0.1) is 0 Å². The summed E-state index contributed by atoms with van der Waals surface area (Å²) < 4.78 is 23.8. The summed E-state index contributed by atoms with van der Waals surface area (Å²) in [7, 11) is 1.63. The highest BCUT2D eigenvalue weighted by atomic mass is 31.2. The van der Waals surface area contributed by atoms with Gasteiger partial charge in [-0.3, -0.25) is 13.8 Å². The van der Waals surface area contributed by atoms with Gasteiger partial charge < -0.3 is 19.8 Å². The number of hydrogen-bond acceptors (Lipinski definition) is 5. The van der Waals surface area contributed by atoms with Crippen molar-refractivity contribution in [2.45, 2.75) is 289 Å². The van der Waals surface area contributed by atoms with Crippen molar-refractivity contribution in [3.05, 3.63) is 12.2 Å². The highest BCUT2D eigenvalue weighted by Gasteiger charge is 2.28. The van der Waals surface area contributed by atoms with Crippen molar-refractivity contribution in [2.24, 2.45) is 0 Å². The number of phosphoric ester groups is 1. The van der Waals surface area contributed by atoms with E-state index in [-0.39, 0.29) is 19.1 Å². The summed E-state index contributed by atoms with van der Waals surface area (Å²) in [6.45, 7) is 4.93. The second-order valence-corrected chi connectivity index (χ2v) is 21.8. The molecule has 0 aliphatic carbocycles. The van der Waals surface area contributed by atoms with Crippen LogP contribution in [-0.4, -0.2) is 73.4 Å². The normalized spacial score (nSPS) is 14.1. The van der Waals surface area contributed by atoms with Gasteiger partial charge in [0.1, 0.15) is 13.2 Å². The van der Waals surface area contributed by atoms with Crippen LogP contribution in [0.15, 0.2) is 12.2 Å². The largest absolute Gasteiger partial charge is 0.472 e. The van der Waals surface area contributed by atoms with Crippen molar-refractivity contribution in [1.29, 1.82) is 0 Å². The molecule has 0 aromatic carbocycles. The standard InChI is InChI=1S/C54H109N2O6P/c1-6-8-10-12-14-16-18-20-22-24-26-28-30-32-34-36-38-40-42-44-46-48-54(58)55-52(51-62-63(59,60)61-50-49-56(3,4)5)53(57)47-45-43-41-39-37-35-33-31-29-27-25-23-21-19-17-15-13-11-9-7-2/h28,30,52-53,57H,6-27,29,31-51H2,1-5H3,(H-,55,58,59,60)/p+1/b30-28-. The van der Waals surface area contributed by atoms with Crippen molar-refractivity contribution in [3.8, 4) is 0 Å². The summed E-state index contributed by atoms with van der Waals surface area (Å²) in [6.07, 6.45) is 55.4. The van der Waals surface area contributed by atoms with Gasteiger partial charge in [0, 0.05) is 6.42 Å². The lowest BCUT2D eigenvalue weighted by Gasteiger charge is -2.26. The Balaban J connectivity index is 4.20. The number of quaternary nitrogens is 1. The van der Waals surface area contributed by atoms with Crippen LogP contribution in [0.4, 0.5) is 0 Å². The maximum absolute atomic E-state index is 13.0. The molecule has 3 N–H and O–H groups in total. The lowest BCUT2D eigenvalue weighted by atomic mass is 10.0. The summed E-state index contributed by atoms with van der Waals surface area (Å²) >= 11 is 0. The minimum absolute atomic E-state index is 0.0762. The smallest absolute Gasteiger partial charge is 0.391 e. The molecule has 3 atom stereocenters. The number of rotatable bonds is 51. The molecule has 0 saturated heterocycles. The average Bonchev–Trinajstić information content (AvgIpc) is 3.24. The molecule has 8 nitrogen and oxygen atoms in total. The second kappa shape index (κ2) is 46.4. The number of allylic oxidation sites excluding steroid dienone is 2. The van der Waals surface area contributed by atoms with Crippen LogP contribution in [0.2, 0.25) is 0 Å². The van der Waals surface area contributed by atoms with Crippen molar-refractivity contribution < 1.29 is 32.9 Å². The Bertz CT molecular complexity index is 1040. The van der Waals surface area contributed by atoms with Crippen molar-refractivity contribution in [1.82, 2.24) is 5.32 Å². The Labute approximate surface area is 392 Å². The Morgan fingerprint density at radius 1 is 0.524 bits per heavy atom. The Kier molecular flexibility index (Phi) is 45.8. The van der Waals surface area contributed by atoms with E-state index >= 15 is 0 Å². The molecule has 0 saturated carbocycles. The lowest BCUT2D eigenvalue weighted by Crippen LogP contribution is -2.46. The Hall–Kier alpha value is -0.760. The van der Waals surface area contributed by atoms with E-state index in [0.717, 1.165) is 38.5 Å². The van der Waals surface area contributed by atoms with E-state index in [1.165, 1.54) is 212 Å². The summed E-state index contributed by atoms with van der Waals surface area (Å²) in [5.74, 6) is -0.144. The molecule has 0 aliphatic heterocycles. The van der Waals surface area contributed by atoms with Gasteiger partial charge in [-0.1, -0.05) is 244 Å².